The molecule has 0 aliphatic carbocycles. The van der Waals surface area contributed by atoms with Crippen LogP contribution in [0.25, 0.3) is 77.7 Å². The summed E-state index contributed by atoms with van der Waals surface area (Å²) in [4.78, 5) is 55.0. The molecule has 0 saturated carbocycles. The summed E-state index contributed by atoms with van der Waals surface area (Å²) in [5, 5.41) is 8.81. The van der Waals surface area contributed by atoms with Gasteiger partial charge in [0.1, 0.15) is 0 Å². The minimum absolute atomic E-state index is 0.00171. The van der Waals surface area contributed by atoms with E-state index in [0.29, 0.717) is 69.1 Å². The number of rotatable bonds is 10. The van der Waals surface area contributed by atoms with Crippen molar-refractivity contribution in [2.24, 2.45) is 0 Å². The minimum atomic E-state index is -0.960. The fraction of sp³-hybridized carbons (Fsp3) is 0.212. The molecule has 12 aromatic rings. The highest BCUT2D eigenvalue weighted by atomic mass is 79.9. The number of hydrogen-bond acceptors (Lipinski definition) is 6. The lowest BCUT2D eigenvalue weighted by molar-refractivity contribution is -0.115. The fourth-order valence-electron chi connectivity index (χ4n) is 13.1. The number of anilines is 2. The van der Waals surface area contributed by atoms with Gasteiger partial charge in [-0.05, 0) is 178 Å². The summed E-state index contributed by atoms with van der Waals surface area (Å²) < 4.78 is 96.1. The van der Waals surface area contributed by atoms with Gasteiger partial charge in [0.25, 0.3) is 11.8 Å². The first-order valence-corrected chi connectivity index (χ1v) is 34.2. The van der Waals surface area contributed by atoms with Crippen LogP contribution in [0.2, 0.25) is 0 Å². The molecular weight excluding hydrogens is 1360 g/mol. The molecule has 4 aliphatic heterocycles. The van der Waals surface area contributed by atoms with Crippen LogP contribution in [0.15, 0.2) is 187 Å². The molecule has 1 fully saturated rings. The molecule has 0 bridgehead atoms. The standard InChI is InChI=1S/C30H32F2N4O2.C14H18BNO2.C14H9F2NO.C14H9F2N.C8H6BrN/c1-4-35(5-2)15-16-36-14-8-13-23-26(30(36)38)18(3)25(33-23)17-21-27-19(9-7-12-24(27)34-29(21)37)20-10-6-11-22(31)28(20)32;1-13(2)14(3,4)18-15(17-13)11-6-5-7-12-10(11)8-9-16-12;15-11-5-1-4-9(14(11)16)8-3-2-6-12-10(8)7-13(18)17-12;15-12-5-1-4-11(14(12)16)9-3-2-6-13-10(9)7-8-17-13;9-7-2-1-3-8-6(7)4-5-10-8/h6-7,9-12,17,33H,4-5,8,13-16H2,1-3H3,(H,34,37);5-9,16H,1-4H3;1-6H,7H2,(H,17,18);1-8,17H;1-5,10H/b21-17-;;;;. The van der Waals surface area contributed by atoms with Crippen molar-refractivity contribution in [2.45, 2.75) is 78.9 Å². The molecule has 13 nitrogen and oxygen atoms in total. The molecule has 1 saturated heterocycles. The Balaban J connectivity index is 0.000000129. The molecule has 6 N–H and O–H groups in total. The van der Waals surface area contributed by atoms with Crippen molar-refractivity contribution in [3.05, 3.63) is 255 Å². The van der Waals surface area contributed by atoms with Crippen LogP contribution in [0, 0.1) is 41.8 Å². The molecule has 3 amide bonds. The molecule has 0 spiro atoms. The van der Waals surface area contributed by atoms with Crippen LogP contribution in [0.3, 0.4) is 0 Å². The Hall–Kier alpha value is -10.2. The largest absolute Gasteiger partial charge is 0.495 e. The number of aromatic amines is 4. The predicted molar refractivity (Wildman–Crippen MR) is 394 cm³/mol. The van der Waals surface area contributed by atoms with Gasteiger partial charge >= 0.3 is 7.12 Å². The number of hydrogen-bond donors (Lipinski definition) is 6. The number of halogens is 7. The summed E-state index contributed by atoms with van der Waals surface area (Å²) in [5.74, 6) is -5.77. The van der Waals surface area contributed by atoms with Gasteiger partial charge in [-0.15, -0.1) is 0 Å². The van der Waals surface area contributed by atoms with E-state index in [2.05, 4.69) is 123 Å². The molecule has 4 aliphatic rings. The molecule has 8 heterocycles. The number of nitrogens with one attached hydrogen (secondary N) is 6. The first kappa shape index (κ1) is 70.7. The van der Waals surface area contributed by atoms with Crippen LogP contribution in [-0.2, 0) is 31.7 Å². The molecule has 516 valence electrons. The summed E-state index contributed by atoms with van der Waals surface area (Å²) >= 11 is 3.46. The maximum Gasteiger partial charge on any atom is 0.495 e. The second-order valence-corrected chi connectivity index (χ2v) is 26.7. The summed E-state index contributed by atoms with van der Waals surface area (Å²) in [5.41, 5.74) is 11.7. The van der Waals surface area contributed by atoms with Crippen LogP contribution in [0.4, 0.5) is 37.7 Å². The van der Waals surface area contributed by atoms with Gasteiger partial charge in [-0.1, -0.05) is 121 Å². The van der Waals surface area contributed by atoms with Crippen LogP contribution >= 0.6 is 15.9 Å². The lowest BCUT2D eigenvalue weighted by Gasteiger charge is -2.32. The maximum absolute atomic E-state index is 14.8. The Kier molecular flexibility index (Phi) is 21.0. The average molecular weight is 1430 g/mol. The van der Waals surface area contributed by atoms with Crippen molar-refractivity contribution in [3.63, 3.8) is 0 Å². The normalized spacial score (nSPS) is 15.2. The van der Waals surface area contributed by atoms with Gasteiger partial charge in [-0.3, -0.25) is 14.4 Å². The number of amides is 3. The van der Waals surface area contributed by atoms with E-state index in [9.17, 15) is 40.7 Å². The lowest BCUT2D eigenvalue weighted by Crippen LogP contribution is -2.41. The second kappa shape index (κ2) is 29.9. The van der Waals surface area contributed by atoms with Crippen LogP contribution in [0.1, 0.15) is 86.4 Å². The number of carbonyl (C=O) groups excluding carboxylic acids is 3. The smallest absolute Gasteiger partial charge is 0.399 e. The van der Waals surface area contributed by atoms with E-state index in [0.717, 1.165) is 93.7 Å². The maximum atomic E-state index is 14.8. The zero-order valence-electron chi connectivity index (χ0n) is 56.7. The van der Waals surface area contributed by atoms with Crippen molar-refractivity contribution in [2.75, 3.05) is 43.4 Å². The zero-order chi connectivity index (χ0) is 71.4. The number of likely N-dealkylation sites (N-methyl/N-ethyl adjacent to an activating group) is 1. The molecule has 16 rings (SSSR count). The van der Waals surface area contributed by atoms with Crippen molar-refractivity contribution in [1.29, 1.82) is 0 Å². The van der Waals surface area contributed by atoms with Crippen LogP contribution in [0.5, 0.6) is 0 Å². The van der Waals surface area contributed by atoms with Crippen LogP contribution in [-0.4, -0.2) is 98.5 Å². The van der Waals surface area contributed by atoms with E-state index in [4.69, 9.17) is 9.31 Å². The van der Waals surface area contributed by atoms with Gasteiger partial charge < -0.3 is 49.7 Å². The summed E-state index contributed by atoms with van der Waals surface area (Å²) in [6, 6.07) is 46.3. The average Bonchev–Trinajstić information content (AvgIpc) is 1.64. The monoisotopic (exact) mass is 1430 g/mol. The SMILES string of the molecule is Brc1cccc2[nH]ccc12.CC1(C)OB(c2cccc3[nH]ccc23)OC1(C)C.CCN(CC)CCN1CCCc2[nH]c(/C=C3\C(=O)Nc4cccc(-c5cccc(F)c5F)c43)c(C)c2C1=O.Fc1cccc(-c2cccc3[nH]ccc23)c1F.O=C1Cc2c(cccc2-c2cccc(F)c2F)N1. The number of fused-ring (bicyclic) bond motifs is 6. The molecule has 0 radical (unpaired) electrons. The second-order valence-electron chi connectivity index (χ2n) is 25.8. The van der Waals surface area contributed by atoms with Gasteiger partial charge in [0, 0.05) is 115 Å². The third kappa shape index (κ3) is 14.6. The number of H-pyrrole nitrogens is 4. The molecule has 4 aromatic heterocycles. The Morgan fingerprint density at radius 2 is 1.06 bits per heavy atom. The van der Waals surface area contributed by atoms with E-state index in [1.165, 1.54) is 41.2 Å². The Morgan fingerprint density at radius 1 is 0.564 bits per heavy atom. The van der Waals surface area contributed by atoms with E-state index in [1.807, 2.05) is 60.6 Å². The summed E-state index contributed by atoms with van der Waals surface area (Å²) in [7, 11) is -0.297. The molecule has 0 unspecified atom stereocenters. The number of aromatic nitrogens is 4. The predicted octanol–water partition coefficient (Wildman–Crippen LogP) is 18.1. The first-order valence-electron chi connectivity index (χ1n) is 33.4. The van der Waals surface area contributed by atoms with E-state index < -0.39 is 34.9 Å². The van der Waals surface area contributed by atoms with Crippen molar-refractivity contribution < 1.29 is 50.0 Å². The highest BCUT2D eigenvalue weighted by molar-refractivity contribution is 9.10. The Bertz CT molecular complexity index is 5120. The Morgan fingerprint density at radius 3 is 1.67 bits per heavy atom. The van der Waals surface area contributed by atoms with Gasteiger partial charge in [-0.25, -0.2) is 26.3 Å². The first-order chi connectivity index (χ1) is 48.6. The van der Waals surface area contributed by atoms with Crippen molar-refractivity contribution in [1.82, 2.24) is 29.7 Å². The lowest BCUT2D eigenvalue weighted by atomic mass is 9.77. The quantitative estimate of drug-likeness (QED) is 0.0454. The number of nitrogens with zero attached hydrogens (tertiary/aromatic N) is 2. The topological polar surface area (TPSA) is 163 Å². The van der Waals surface area contributed by atoms with E-state index in [-0.39, 0.29) is 59.2 Å². The van der Waals surface area contributed by atoms with Gasteiger partial charge in [0.2, 0.25) is 5.91 Å². The minimum Gasteiger partial charge on any atom is -0.399 e. The van der Waals surface area contributed by atoms with Gasteiger partial charge in [0.05, 0.1) is 28.8 Å². The molecule has 101 heavy (non-hydrogen) atoms. The number of aryl methyl sites for hydroxylation is 1. The number of benzene rings is 8. The van der Waals surface area contributed by atoms with Gasteiger partial charge in [0.15, 0.2) is 34.9 Å². The Labute approximate surface area is 589 Å². The third-order valence-corrected chi connectivity index (χ3v) is 19.9. The molecule has 21 heteroatoms. The van der Waals surface area contributed by atoms with E-state index in [1.54, 1.807) is 60.8 Å². The molecule has 8 aromatic carbocycles. The zero-order valence-corrected chi connectivity index (χ0v) is 58.3. The van der Waals surface area contributed by atoms with Crippen molar-refractivity contribution >= 4 is 102 Å². The van der Waals surface area contributed by atoms with Crippen LogP contribution < -0.4 is 16.1 Å². The number of carbonyl (C=O) groups is 3. The molecular formula is C80H74BBrF6N8O5. The van der Waals surface area contributed by atoms with Gasteiger partial charge in [-0.2, -0.15) is 0 Å². The van der Waals surface area contributed by atoms with Crippen molar-refractivity contribution in [3.8, 4) is 33.4 Å². The summed E-state index contributed by atoms with van der Waals surface area (Å²) in [6.07, 6.45) is 9.16. The molecule has 0 atom stereocenters. The summed E-state index contributed by atoms with van der Waals surface area (Å²) in [6.45, 7) is 18.5. The fourth-order valence-corrected chi connectivity index (χ4v) is 13.6. The van der Waals surface area contributed by atoms with E-state index >= 15 is 0 Å². The highest BCUT2D eigenvalue weighted by Gasteiger charge is 2.52. The third-order valence-electron chi connectivity index (χ3n) is 19.2. The highest BCUT2D eigenvalue weighted by Crippen LogP contribution is 2.43.